The third-order valence-corrected chi connectivity index (χ3v) is 4.31. The lowest BCUT2D eigenvalue weighted by atomic mass is 10.2. The molecule has 1 N–H and O–H groups in total. The summed E-state index contributed by atoms with van der Waals surface area (Å²) in [6, 6.07) is 2.52. The minimum Gasteiger partial charge on any atom is -0.295 e. The van der Waals surface area contributed by atoms with Gasteiger partial charge in [0.05, 0.1) is 5.39 Å². The number of amides is 1. The summed E-state index contributed by atoms with van der Waals surface area (Å²) in [7, 11) is 2.68. The molecule has 3 aromatic rings. The van der Waals surface area contributed by atoms with Gasteiger partial charge in [0.15, 0.2) is 0 Å². The van der Waals surface area contributed by atoms with Crippen molar-refractivity contribution < 1.29 is 18.0 Å². The molecule has 0 aliphatic carbocycles. The fourth-order valence-electron chi connectivity index (χ4n) is 2.13. The van der Waals surface area contributed by atoms with Gasteiger partial charge in [-0.2, -0.15) is 13.2 Å². The van der Waals surface area contributed by atoms with Crippen molar-refractivity contribution in [2.45, 2.75) is 6.18 Å². The molecule has 3 aromatic heterocycles. The van der Waals surface area contributed by atoms with Crippen molar-refractivity contribution in [3.63, 3.8) is 0 Å². The van der Waals surface area contributed by atoms with E-state index in [2.05, 4.69) is 20.5 Å². The van der Waals surface area contributed by atoms with E-state index < -0.39 is 28.3 Å². The molecule has 0 bridgehead atoms. The Bertz CT molecular complexity index is 1150. The molecule has 0 aromatic carbocycles. The molecule has 136 valence electrons. The summed E-state index contributed by atoms with van der Waals surface area (Å²) in [6.07, 6.45) is -4.67. The lowest BCUT2D eigenvalue weighted by molar-refractivity contribution is -0.138. The van der Waals surface area contributed by atoms with Crippen molar-refractivity contribution in [1.29, 1.82) is 0 Å². The maximum absolute atomic E-state index is 12.5. The van der Waals surface area contributed by atoms with Crippen LogP contribution in [0.4, 0.5) is 18.3 Å². The van der Waals surface area contributed by atoms with Gasteiger partial charge in [0.1, 0.15) is 11.3 Å². The predicted molar refractivity (Wildman–Crippen MR) is 85.1 cm³/mol. The molecule has 26 heavy (non-hydrogen) atoms. The van der Waals surface area contributed by atoms with Crippen molar-refractivity contribution in [2.24, 2.45) is 14.1 Å². The number of alkyl halides is 3. The smallest absolute Gasteiger partial charge is 0.295 e. The molecule has 0 aliphatic rings. The Labute approximate surface area is 145 Å². The molecule has 0 atom stereocenters. The first-order chi connectivity index (χ1) is 12.1. The van der Waals surface area contributed by atoms with E-state index in [0.29, 0.717) is 0 Å². The number of hydrogen-bond acceptors (Lipinski definition) is 7. The van der Waals surface area contributed by atoms with E-state index in [9.17, 15) is 27.6 Å². The fraction of sp³-hybridized carbons (Fsp3) is 0.231. The molecule has 9 nitrogen and oxygen atoms in total. The topological polar surface area (TPSA) is 112 Å². The number of halogens is 3. The highest BCUT2D eigenvalue weighted by atomic mass is 32.1. The fourth-order valence-corrected chi connectivity index (χ4v) is 2.74. The van der Waals surface area contributed by atoms with E-state index >= 15 is 0 Å². The summed E-state index contributed by atoms with van der Waals surface area (Å²) in [5.41, 5.74) is -1.45. The molecule has 13 heteroatoms. The number of nitrogens with zero attached hydrogens (tertiary/aromatic N) is 5. The molecule has 0 saturated heterocycles. The van der Waals surface area contributed by atoms with E-state index in [1.54, 1.807) is 0 Å². The second-order valence-corrected chi connectivity index (χ2v) is 6.12. The van der Waals surface area contributed by atoms with Crippen LogP contribution in [-0.4, -0.2) is 30.2 Å². The van der Waals surface area contributed by atoms with Gasteiger partial charge < -0.3 is 0 Å². The average Bonchev–Trinajstić information content (AvgIpc) is 3.06. The minimum absolute atomic E-state index is 0.0287. The number of fused-ring (bicyclic) bond motifs is 1. The van der Waals surface area contributed by atoms with E-state index in [1.807, 2.05) is 0 Å². The number of carbonyl (C=O) groups excluding carboxylic acids is 1. The van der Waals surface area contributed by atoms with Gasteiger partial charge in [-0.1, -0.05) is 11.3 Å². The maximum Gasteiger partial charge on any atom is 0.445 e. The van der Waals surface area contributed by atoms with Gasteiger partial charge in [-0.3, -0.25) is 24.0 Å². The molecule has 0 aliphatic heterocycles. The monoisotopic (exact) mass is 386 g/mol. The number of aryl methyl sites for hydroxylation is 1. The molecule has 0 radical (unpaired) electrons. The maximum atomic E-state index is 12.5. The normalized spacial score (nSPS) is 11.7. The summed E-state index contributed by atoms with van der Waals surface area (Å²) in [6.45, 7) is 0. The van der Waals surface area contributed by atoms with E-state index in [-0.39, 0.29) is 33.2 Å². The van der Waals surface area contributed by atoms with Gasteiger partial charge in [0.25, 0.3) is 11.5 Å². The van der Waals surface area contributed by atoms with Crippen LogP contribution < -0.4 is 16.6 Å². The zero-order valence-corrected chi connectivity index (χ0v) is 14.0. The van der Waals surface area contributed by atoms with Gasteiger partial charge in [-0.15, -0.1) is 10.2 Å². The van der Waals surface area contributed by atoms with Crippen LogP contribution in [0.2, 0.25) is 0 Å². The highest BCUT2D eigenvalue weighted by Gasteiger charge is 2.35. The standard InChI is InChI=1S/C13H9F3N6O3S/c1-21-7-5(9(24)22(2)12(21)25)3-4-6(17-7)8(23)18-11-20-19-10(26-11)13(14,15)16/h3-4H,1-2H3,(H,18,20,23). The number of pyridine rings is 1. The lowest BCUT2D eigenvalue weighted by Gasteiger charge is -2.07. The number of aromatic nitrogens is 5. The van der Waals surface area contributed by atoms with Crippen molar-refractivity contribution in [3.8, 4) is 0 Å². The largest absolute Gasteiger partial charge is 0.445 e. The first-order valence-corrected chi connectivity index (χ1v) is 7.70. The second-order valence-electron chi connectivity index (χ2n) is 5.14. The van der Waals surface area contributed by atoms with Crippen LogP contribution >= 0.6 is 11.3 Å². The first kappa shape index (κ1) is 17.7. The van der Waals surface area contributed by atoms with Crippen LogP contribution in [0.25, 0.3) is 11.0 Å². The number of nitrogens with one attached hydrogen (secondary N) is 1. The molecule has 0 spiro atoms. The van der Waals surface area contributed by atoms with Gasteiger partial charge >= 0.3 is 11.9 Å². The number of anilines is 1. The number of hydrogen-bond donors (Lipinski definition) is 1. The predicted octanol–water partition coefficient (Wildman–Crippen LogP) is 0.755. The molecule has 1 amide bonds. The molecule has 0 fully saturated rings. The third-order valence-electron chi connectivity index (χ3n) is 3.42. The average molecular weight is 386 g/mol. The molecule has 0 unspecified atom stereocenters. The number of rotatable bonds is 2. The summed E-state index contributed by atoms with van der Waals surface area (Å²) in [5.74, 6) is -0.857. The molecule has 0 saturated carbocycles. The van der Waals surface area contributed by atoms with E-state index in [1.165, 1.54) is 26.2 Å². The Hall–Kier alpha value is -3.09. The lowest BCUT2D eigenvalue weighted by Crippen LogP contribution is -2.37. The Morgan fingerprint density at radius 1 is 1.15 bits per heavy atom. The zero-order valence-electron chi connectivity index (χ0n) is 13.2. The van der Waals surface area contributed by atoms with Crippen molar-refractivity contribution in [3.05, 3.63) is 43.7 Å². The third kappa shape index (κ3) is 2.96. The Balaban J connectivity index is 1.98. The Morgan fingerprint density at radius 3 is 2.46 bits per heavy atom. The summed E-state index contributed by atoms with van der Waals surface area (Å²) in [4.78, 5) is 40.1. The highest BCUT2D eigenvalue weighted by molar-refractivity contribution is 7.15. The van der Waals surface area contributed by atoms with Crippen LogP contribution in [0.15, 0.2) is 21.7 Å². The van der Waals surface area contributed by atoms with Crippen LogP contribution in [0.5, 0.6) is 0 Å². The van der Waals surface area contributed by atoms with Crippen LogP contribution in [0, 0.1) is 0 Å². The SMILES string of the molecule is Cn1c(=O)c2ccc(C(=O)Nc3nnc(C(F)(F)F)s3)nc2n(C)c1=O. The summed E-state index contributed by atoms with van der Waals surface area (Å²) in [5, 5.41) is 6.90. The molecule has 3 rings (SSSR count). The zero-order chi connectivity index (χ0) is 19.2. The van der Waals surface area contributed by atoms with Gasteiger partial charge in [-0.25, -0.2) is 9.78 Å². The summed E-state index contributed by atoms with van der Waals surface area (Å²) >= 11 is 0.161. The van der Waals surface area contributed by atoms with Gasteiger partial charge in [-0.05, 0) is 12.1 Å². The van der Waals surface area contributed by atoms with E-state index in [4.69, 9.17) is 0 Å². The van der Waals surface area contributed by atoms with Crippen molar-refractivity contribution in [2.75, 3.05) is 5.32 Å². The molecular formula is C13H9F3N6O3S. The molecular weight excluding hydrogens is 377 g/mol. The second kappa shape index (κ2) is 6.01. The van der Waals surface area contributed by atoms with Crippen LogP contribution in [0.1, 0.15) is 15.5 Å². The summed E-state index contributed by atoms with van der Waals surface area (Å²) < 4.78 is 39.5. The Morgan fingerprint density at radius 2 is 1.85 bits per heavy atom. The van der Waals surface area contributed by atoms with Gasteiger partial charge in [0, 0.05) is 14.1 Å². The van der Waals surface area contributed by atoms with Crippen LogP contribution in [0.3, 0.4) is 0 Å². The molecule has 3 heterocycles. The quantitative estimate of drug-likeness (QED) is 0.696. The van der Waals surface area contributed by atoms with E-state index in [0.717, 1.165) is 9.13 Å². The Kier molecular flexibility index (Phi) is 4.10. The van der Waals surface area contributed by atoms with Crippen LogP contribution in [-0.2, 0) is 20.3 Å². The first-order valence-electron chi connectivity index (χ1n) is 6.88. The van der Waals surface area contributed by atoms with Crippen molar-refractivity contribution in [1.82, 2.24) is 24.3 Å². The number of carbonyl (C=O) groups is 1. The van der Waals surface area contributed by atoms with Crippen molar-refractivity contribution >= 4 is 33.4 Å². The van der Waals surface area contributed by atoms with Gasteiger partial charge in [0.2, 0.25) is 10.1 Å². The minimum atomic E-state index is -4.67. The highest BCUT2D eigenvalue weighted by Crippen LogP contribution is 2.33.